The van der Waals surface area contributed by atoms with Gasteiger partial charge in [0.05, 0.1) is 0 Å². The molecule has 110 valence electrons. The van der Waals surface area contributed by atoms with Crippen LogP contribution in [0.25, 0.3) is 0 Å². The molecule has 1 saturated carbocycles. The Balaban J connectivity index is 1.80. The molecular weight excluding hydrogens is 244 g/mol. The molecule has 0 amide bonds. The summed E-state index contributed by atoms with van der Waals surface area (Å²) in [5, 5.41) is 3.47. The Morgan fingerprint density at radius 1 is 1.05 bits per heavy atom. The Bertz CT molecular complexity index is 433. The van der Waals surface area contributed by atoms with E-state index in [0.717, 1.165) is 19.0 Å². The van der Waals surface area contributed by atoms with Crippen LogP contribution in [0.3, 0.4) is 0 Å². The van der Waals surface area contributed by atoms with Crippen LogP contribution in [0.5, 0.6) is 0 Å². The normalized spacial score (nSPS) is 22.8. The summed E-state index contributed by atoms with van der Waals surface area (Å²) in [4.78, 5) is 2.69. The largest absolute Gasteiger partial charge is 0.314 e. The standard InChI is InChI=1S/C18H28N2/c1-18(2,3)16-8-6-15(7-9-16)17(14-4-5-14)20-12-10-19-11-13-20/h6-9,14,17,19H,4-5,10-13H2,1-3H3/t17-/m0/s1. The van der Waals surface area contributed by atoms with Gasteiger partial charge in [-0.3, -0.25) is 4.90 Å². The molecule has 1 N–H and O–H groups in total. The fraction of sp³-hybridized carbons (Fsp3) is 0.667. The maximum atomic E-state index is 3.47. The van der Waals surface area contributed by atoms with Gasteiger partial charge in [-0.05, 0) is 35.3 Å². The molecule has 0 unspecified atom stereocenters. The lowest BCUT2D eigenvalue weighted by molar-refractivity contribution is 0.156. The highest BCUT2D eigenvalue weighted by molar-refractivity contribution is 5.30. The van der Waals surface area contributed by atoms with Gasteiger partial charge in [-0.25, -0.2) is 0 Å². The van der Waals surface area contributed by atoms with Gasteiger partial charge in [0.2, 0.25) is 0 Å². The van der Waals surface area contributed by atoms with Gasteiger partial charge in [0.25, 0.3) is 0 Å². The van der Waals surface area contributed by atoms with Crippen molar-refractivity contribution in [1.29, 1.82) is 0 Å². The van der Waals surface area contributed by atoms with Crippen LogP contribution < -0.4 is 5.32 Å². The molecular formula is C18H28N2. The fourth-order valence-electron chi connectivity index (χ4n) is 3.33. The van der Waals surface area contributed by atoms with Crippen LogP contribution in [0.2, 0.25) is 0 Å². The van der Waals surface area contributed by atoms with Gasteiger partial charge in [-0.1, -0.05) is 45.0 Å². The second kappa shape index (κ2) is 5.50. The average Bonchev–Trinajstić information content (AvgIpc) is 3.25. The molecule has 2 nitrogen and oxygen atoms in total. The van der Waals surface area contributed by atoms with Gasteiger partial charge in [0.15, 0.2) is 0 Å². The molecule has 20 heavy (non-hydrogen) atoms. The molecule has 2 heteroatoms. The fourth-order valence-corrected chi connectivity index (χ4v) is 3.33. The lowest BCUT2D eigenvalue weighted by Gasteiger charge is -2.35. The van der Waals surface area contributed by atoms with Crippen LogP contribution in [0, 0.1) is 5.92 Å². The van der Waals surface area contributed by atoms with Crippen LogP contribution in [0.15, 0.2) is 24.3 Å². The first-order valence-corrected chi connectivity index (χ1v) is 8.11. The molecule has 1 aliphatic heterocycles. The number of nitrogens with one attached hydrogen (secondary N) is 1. The Hall–Kier alpha value is -0.860. The summed E-state index contributed by atoms with van der Waals surface area (Å²) < 4.78 is 0. The Morgan fingerprint density at radius 3 is 2.15 bits per heavy atom. The summed E-state index contributed by atoms with van der Waals surface area (Å²) in [6.45, 7) is 11.5. The summed E-state index contributed by atoms with van der Waals surface area (Å²) in [6.07, 6.45) is 2.82. The van der Waals surface area contributed by atoms with Crippen LogP contribution in [0.1, 0.15) is 50.8 Å². The van der Waals surface area contributed by atoms with E-state index in [-0.39, 0.29) is 5.41 Å². The average molecular weight is 272 g/mol. The predicted octanol–water partition coefficient (Wildman–Crippen LogP) is 3.34. The van der Waals surface area contributed by atoms with Crippen molar-refractivity contribution in [2.24, 2.45) is 5.92 Å². The number of nitrogens with zero attached hydrogens (tertiary/aromatic N) is 1. The maximum Gasteiger partial charge on any atom is 0.0377 e. The minimum atomic E-state index is 0.253. The summed E-state index contributed by atoms with van der Waals surface area (Å²) in [7, 11) is 0. The molecule has 2 fully saturated rings. The molecule has 0 bridgehead atoms. The van der Waals surface area contributed by atoms with Crippen molar-refractivity contribution in [3.63, 3.8) is 0 Å². The zero-order valence-electron chi connectivity index (χ0n) is 13.2. The van der Waals surface area contributed by atoms with Crippen LogP contribution in [-0.2, 0) is 5.41 Å². The highest BCUT2D eigenvalue weighted by Gasteiger charge is 2.36. The molecule has 1 heterocycles. The first-order chi connectivity index (χ1) is 9.55. The minimum absolute atomic E-state index is 0.253. The molecule has 1 aliphatic carbocycles. The molecule has 1 aromatic carbocycles. The van der Waals surface area contributed by atoms with E-state index < -0.39 is 0 Å². The molecule has 3 rings (SSSR count). The van der Waals surface area contributed by atoms with Crippen LogP contribution >= 0.6 is 0 Å². The number of benzene rings is 1. The van der Waals surface area contributed by atoms with E-state index in [1.165, 1.54) is 37.1 Å². The predicted molar refractivity (Wildman–Crippen MR) is 85.0 cm³/mol. The first-order valence-electron chi connectivity index (χ1n) is 8.11. The molecule has 0 spiro atoms. The lowest BCUT2D eigenvalue weighted by atomic mass is 9.86. The summed E-state index contributed by atoms with van der Waals surface area (Å²) in [6, 6.07) is 10.1. The van der Waals surface area contributed by atoms with Crippen LogP contribution in [-0.4, -0.2) is 31.1 Å². The van der Waals surface area contributed by atoms with E-state index >= 15 is 0 Å². The second-order valence-electron chi connectivity index (χ2n) is 7.44. The van der Waals surface area contributed by atoms with Crippen molar-refractivity contribution in [1.82, 2.24) is 10.2 Å². The number of rotatable bonds is 3. The van der Waals surface area contributed by atoms with Gasteiger partial charge in [-0.15, -0.1) is 0 Å². The van der Waals surface area contributed by atoms with Crippen molar-refractivity contribution in [2.45, 2.75) is 45.1 Å². The lowest BCUT2D eigenvalue weighted by Crippen LogP contribution is -2.45. The maximum absolute atomic E-state index is 3.47. The summed E-state index contributed by atoms with van der Waals surface area (Å²) >= 11 is 0. The zero-order chi connectivity index (χ0) is 14.2. The molecule has 0 radical (unpaired) electrons. The van der Waals surface area contributed by atoms with Gasteiger partial charge in [0, 0.05) is 32.2 Å². The van der Waals surface area contributed by atoms with E-state index in [9.17, 15) is 0 Å². The van der Waals surface area contributed by atoms with Gasteiger partial charge >= 0.3 is 0 Å². The van der Waals surface area contributed by atoms with Crippen molar-refractivity contribution < 1.29 is 0 Å². The Kier molecular flexibility index (Phi) is 3.87. The SMILES string of the molecule is CC(C)(C)c1ccc([C@H](C2CC2)N2CCNCC2)cc1. The van der Waals surface area contributed by atoms with Crippen molar-refractivity contribution >= 4 is 0 Å². The molecule has 1 saturated heterocycles. The number of piperazine rings is 1. The van der Waals surface area contributed by atoms with Crippen molar-refractivity contribution in [3.8, 4) is 0 Å². The first kappa shape index (κ1) is 14.1. The van der Waals surface area contributed by atoms with Gasteiger partial charge in [-0.2, -0.15) is 0 Å². The Labute approximate surface area is 123 Å². The van der Waals surface area contributed by atoms with Gasteiger partial charge < -0.3 is 5.32 Å². The minimum Gasteiger partial charge on any atom is -0.314 e. The summed E-state index contributed by atoms with van der Waals surface area (Å²) in [5.41, 5.74) is 3.22. The van der Waals surface area contributed by atoms with E-state index in [1.807, 2.05) is 0 Å². The molecule has 1 aromatic rings. The third-order valence-corrected chi connectivity index (χ3v) is 4.73. The molecule has 0 aromatic heterocycles. The van der Waals surface area contributed by atoms with E-state index in [0.29, 0.717) is 6.04 Å². The molecule has 1 atom stereocenters. The smallest absolute Gasteiger partial charge is 0.0377 e. The quantitative estimate of drug-likeness (QED) is 0.908. The number of hydrogen-bond donors (Lipinski definition) is 1. The van der Waals surface area contributed by atoms with Gasteiger partial charge in [0.1, 0.15) is 0 Å². The van der Waals surface area contributed by atoms with E-state index in [4.69, 9.17) is 0 Å². The van der Waals surface area contributed by atoms with Crippen molar-refractivity contribution in [3.05, 3.63) is 35.4 Å². The monoisotopic (exact) mass is 272 g/mol. The number of hydrogen-bond acceptors (Lipinski definition) is 2. The zero-order valence-corrected chi connectivity index (χ0v) is 13.2. The van der Waals surface area contributed by atoms with E-state index in [1.54, 1.807) is 0 Å². The highest BCUT2D eigenvalue weighted by atomic mass is 15.2. The molecule has 2 aliphatic rings. The third-order valence-electron chi connectivity index (χ3n) is 4.73. The van der Waals surface area contributed by atoms with E-state index in [2.05, 4.69) is 55.3 Å². The second-order valence-corrected chi connectivity index (χ2v) is 7.44. The Morgan fingerprint density at radius 2 is 1.65 bits per heavy atom. The highest BCUT2D eigenvalue weighted by Crippen LogP contribution is 2.44. The third kappa shape index (κ3) is 3.07. The topological polar surface area (TPSA) is 15.3 Å². The van der Waals surface area contributed by atoms with Crippen molar-refractivity contribution in [2.75, 3.05) is 26.2 Å². The van der Waals surface area contributed by atoms with Crippen LogP contribution in [0.4, 0.5) is 0 Å². The summed E-state index contributed by atoms with van der Waals surface area (Å²) in [5.74, 6) is 0.897.